The maximum absolute atomic E-state index is 13.1. The van der Waals surface area contributed by atoms with Crippen LogP contribution in [0.3, 0.4) is 0 Å². The van der Waals surface area contributed by atoms with Gasteiger partial charge in [-0.3, -0.25) is 4.90 Å². The highest BCUT2D eigenvalue weighted by molar-refractivity contribution is 9.10. The summed E-state index contributed by atoms with van der Waals surface area (Å²) in [6.45, 7) is 1.82. The number of carbonyl (C=O) groups is 2. The molecule has 30 heavy (non-hydrogen) atoms. The summed E-state index contributed by atoms with van der Waals surface area (Å²) in [7, 11) is 2.84. The molecule has 0 unspecified atom stereocenters. The molecule has 2 aliphatic heterocycles. The average molecular weight is 475 g/mol. The molecule has 0 bridgehead atoms. The standard InChI is InChI=1S/C21H19BrN2O6/c1-11-18(20(25)28-3)19(14-8-12(22)4-6-15(14)27-2)23-21(26)24(11)13-5-7-16-17(9-13)30-10-29-16/h4-9,19H,10H2,1-3H3,(H,23,26)/t19-/m0/s1. The Bertz CT molecular complexity index is 1070. The minimum atomic E-state index is -0.748. The van der Waals surface area contributed by atoms with Crippen molar-refractivity contribution in [2.45, 2.75) is 13.0 Å². The van der Waals surface area contributed by atoms with Crippen LogP contribution in [-0.2, 0) is 9.53 Å². The summed E-state index contributed by atoms with van der Waals surface area (Å²) in [5.74, 6) is 1.12. The zero-order chi connectivity index (χ0) is 21.4. The fraction of sp³-hybridized carbons (Fsp3) is 0.238. The Hall–Kier alpha value is -3.20. The van der Waals surface area contributed by atoms with Gasteiger partial charge in [0.05, 0.1) is 31.5 Å². The number of esters is 1. The fourth-order valence-corrected chi connectivity index (χ4v) is 4.00. The van der Waals surface area contributed by atoms with Crippen molar-refractivity contribution in [3.63, 3.8) is 0 Å². The second-order valence-corrected chi connectivity index (χ2v) is 7.55. The molecule has 2 aliphatic rings. The number of anilines is 1. The first-order valence-corrected chi connectivity index (χ1v) is 9.86. The molecule has 2 aromatic rings. The third-order valence-corrected chi connectivity index (χ3v) is 5.50. The second-order valence-electron chi connectivity index (χ2n) is 6.63. The highest BCUT2D eigenvalue weighted by Gasteiger charge is 2.38. The maximum Gasteiger partial charge on any atom is 0.337 e. The number of hydrogen-bond acceptors (Lipinski definition) is 6. The number of carbonyl (C=O) groups excluding carboxylic acids is 2. The molecule has 8 nitrogen and oxygen atoms in total. The highest BCUT2D eigenvalue weighted by atomic mass is 79.9. The number of halogens is 1. The molecule has 0 aliphatic carbocycles. The van der Waals surface area contributed by atoms with E-state index >= 15 is 0 Å². The van der Waals surface area contributed by atoms with E-state index in [4.69, 9.17) is 18.9 Å². The van der Waals surface area contributed by atoms with Gasteiger partial charge in [-0.2, -0.15) is 0 Å². The van der Waals surface area contributed by atoms with Gasteiger partial charge in [-0.15, -0.1) is 0 Å². The van der Waals surface area contributed by atoms with Crippen LogP contribution in [0, 0.1) is 0 Å². The third-order valence-electron chi connectivity index (χ3n) is 5.01. The van der Waals surface area contributed by atoms with E-state index in [9.17, 15) is 9.59 Å². The molecule has 0 spiro atoms. The molecule has 2 aromatic carbocycles. The first-order chi connectivity index (χ1) is 14.4. The zero-order valence-electron chi connectivity index (χ0n) is 16.5. The normalized spacial score (nSPS) is 17.7. The van der Waals surface area contributed by atoms with E-state index in [0.29, 0.717) is 39.8 Å². The first-order valence-electron chi connectivity index (χ1n) is 9.07. The van der Waals surface area contributed by atoms with E-state index in [0.717, 1.165) is 4.47 Å². The number of ether oxygens (including phenoxy) is 4. The van der Waals surface area contributed by atoms with E-state index < -0.39 is 18.0 Å². The van der Waals surface area contributed by atoms with E-state index in [1.807, 2.05) is 6.07 Å². The van der Waals surface area contributed by atoms with Crippen LogP contribution in [0.5, 0.6) is 17.2 Å². The molecule has 9 heteroatoms. The Morgan fingerprint density at radius 1 is 1.17 bits per heavy atom. The summed E-state index contributed by atoms with van der Waals surface area (Å²) >= 11 is 3.44. The molecule has 1 N–H and O–H groups in total. The minimum absolute atomic E-state index is 0.123. The quantitative estimate of drug-likeness (QED) is 0.676. The number of allylic oxidation sites excluding steroid dienone is 1. The van der Waals surface area contributed by atoms with Crippen molar-refractivity contribution in [3.8, 4) is 17.2 Å². The number of hydrogen-bond donors (Lipinski definition) is 1. The number of rotatable bonds is 4. The van der Waals surface area contributed by atoms with Gasteiger partial charge in [0.2, 0.25) is 6.79 Å². The van der Waals surface area contributed by atoms with Crippen LogP contribution in [-0.4, -0.2) is 33.0 Å². The molecule has 2 heterocycles. The predicted octanol–water partition coefficient (Wildman–Crippen LogP) is 3.90. The van der Waals surface area contributed by atoms with Crippen LogP contribution in [0.4, 0.5) is 10.5 Å². The Kier molecular flexibility index (Phi) is 5.29. The zero-order valence-corrected chi connectivity index (χ0v) is 18.1. The number of nitrogens with one attached hydrogen (secondary N) is 1. The van der Waals surface area contributed by atoms with Gasteiger partial charge in [0.1, 0.15) is 5.75 Å². The largest absolute Gasteiger partial charge is 0.496 e. The number of benzene rings is 2. The predicted molar refractivity (Wildman–Crippen MR) is 112 cm³/mol. The number of fused-ring (bicyclic) bond motifs is 1. The van der Waals surface area contributed by atoms with Crippen LogP contribution in [0.25, 0.3) is 0 Å². The van der Waals surface area contributed by atoms with Crippen molar-refractivity contribution in [2.24, 2.45) is 0 Å². The van der Waals surface area contributed by atoms with Crippen molar-refractivity contribution in [1.82, 2.24) is 5.32 Å². The minimum Gasteiger partial charge on any atom is -0.496 e. The highest BCUT2D eigenvalue weighted by Crippen LogP contribution is 2.41. The molecule has 4 rings (SSSR count). The maximum atomic E-state index is 13.1. The summed E-state index contributed by atoms with van der Waals surface area (Å²) in [4.78, 5) is 27.3. The lowest BCUT2D eigenvalue weighted by Crippen LogP contribution is -2.48. The van der Waals surface area contributed by atoms with Gasteiger partial charge in [0, 0.05) is 21.8 Å². The Labute approximate surface area is 181 Å². The molecular weight excluding hydrogens is 456 g/mol. The van der Waals surface area contributed by atoms with Gasteiger partial charge < -0.3 is 24.3 Å². The van der Waals surface area contributed by atoms with Gasteiger partial charge in [-0.25, -0.2) is 9.59 Å². The molecular formula is C21H19BrN2O6. The summed E-state index contributed by atoms with van der Waals surface area (Å²) in [6.07, 6.45) is 0. The molecule has 156 valence electrons. The Balaban J connectivity index is 1.85. The van der Waals surface area contributed by atoms with Crippen LogP contribution >= 0.6 is 15.9 Å². The van der Waals surface area contributed by atoms with Crippen molar-refractivity contribution in [1.29, 1.82) is 0 Å². The van der Waals surface area contributed by atoms with Gasteiger partial charge in [-0.1, -0.05) is 15.9 Å². The van der Waals surface area contributed by atoms with Crippen LogP contribution < -0.4 is 24.4 Å². The summed E-state index contributed by atoms with van der Waals surface area (Å²) in [5, 5.41) is 2.90. The lowest BCUT2D eigenvalue weighted by atomic mass is 9.94. The van der Waals surface area contributed by atoms with Gasteiger partial charge >= 0.3 is 12.0 Å². The van der Waals surface area contributed by atoms with E-state index in [1.165, 1.54) is 19.1 Å². The molecule has 1 atom stereocenters. The molecule has 0 saturated carbocycles. The molecule has 0 saturated heterocycles. The summed E-state index contributed by atoms with van der Waals surface area (Å²) in [6, 6.07) is 9.38. The molecule has 2 amide bonds. The van der Waals surface area contributed by atoms with E-state index in [-0.39, 0.29) is 6.79 Å². The topological polar surface area (TPSA) is 86.3 Å². The SMILES string of the molecule is COC(=O)C1=C(C)N(c2ccc3c(c2)OCO3)C(=O)N[C@H]1c1cc(Br)ccc1OC. The smallest absolute Gasteiger partial charge is 0.337 e. The first kappa shape index (κ1) is 20.1. The van der Waals surface area contributed by atoms with Crippen molar-refractivity contribution >= 4 is 33.6 Å². The van der Waals surface area contributed by atoms with Gasteiger partial charge in [-0.05, 0) is 37.3 Å². The molecule has 0 aromatic heterocycles. The Morgan fingerprint density at radius 3 is 2.67 bits per heavy atom. The second kappa shape index (κ2) is 7.91. The summed E-state index contributed by atoms with van der Waals surface area (Å²) < 4.78 is 22.0. The number of nitrogens with zero attached hydrogens (tertiary/aromatic N) is 1. The Morgan fingerprint density at radius 2 is 1.93 bits per heavy atom. The summed E-state index contributed by atoms with van der Waals surface area (Å²) in [5.41, 5.74) is 1.91. The third kappa shape index (κ3) is 3.35. The lowest BCUT2D eigenvalue weighted by Gasteiger charge is -2.35. The monoisotopic (exact) mass is 474 g/mol. The lowest BCUT2D eigenvalue weighted by molar-refractivity contribution is -0.136. The van der Waals surface area contributed by atoms with E-state index in [1.54, 1.807) is 37.3 Å². The van der Waals surface area contributed by atoms with Gasteiger partial charge in [0.15, 0.2) is 11.5 Å². The molecule has 0 fully saturated rings. The number of amides is 2. The average Bonchev–Trinajstić information content (AvgIpc) is 3.20. The molecule has 0 radical (unpaired) electrons. The van der Waals surface area contributed by atoms with Crippen LogP contribution in [0.15, 0.2) is 52.1 Å². The number of urea groups is 1. The van der Waals surface area contributed by atoms with Crippen molar-refractivity contribution < 1.29 is 28.5 Å². The van der Waals surface area contributed by atoms with E-state index in [2.05, 4.69) is 21.2 Å². The fourth-order valence-electron chi connectivity index (χ4n) is 3.62. The van der Waals surface area contributed by atoms with Crippen molar-refractivity contribution in [2.75, 3.05) is 25.9 Å². The van der Waals surface area contributed by atoms with Crippen molar-refractivity contribution in [3.05, 3.63) is 57.7 Å². The van der Waals surface area contributed by atoms with Crippen LogP contribution in [0.2, 0.25) is 0 Å². The van der Waals surface area contributed by atoms with Gasteiger partial charge in [0.25, 0.3) is 0 Å². The van der Waals surface area contributed by atoms with Crippen LogP contribution in [0.1, 0.15) is 18.5 Å². The number of methoxy groups -OCH3 is 2.